The Morgan fingerprint density at radius 3 is 3.00 bits per heavy atom. The number of nitrogens with zero attached hydrogens (tertiary/aromatic N) is 3. The molecule has 1 aromatic rings. The zero-order valence-electron chi connectivity index (χ0n) is 15.2. The van der Waals surface area contributed by atoms with Crippen molar-refractivity contribution >= 4 is 5.91 Å². The summed E-state index contributed by atoms with van der Waals surface area (Å²) in [4.78, 5) is 14.8. The van der Waals surface area contributed by atoms with Crippen LogP contribution in [-0.4, -0.2) is 70.3 Å². The van der Waals surface area contributed by atoms with Gasteiger partial charge in [-0.3, -0.25) is 9.48 Å². The zero-order valence-corrected chi connectivity index (χ0v) is 15.2. The Morgan fingerprint density at radius 2 is 2.32 bits per heavy atom. The SMILES string of the molecule is CO[C@@]12CC[C@@H](OCCO)C[C@@H]1N(C(=O)CCc1cnn(C)c1)CC2. The van der Waals surface area contributed by atoms with Crippen LogP contribution < -0.4 is 0 Å². The lowest BCUT2D eigenvalue weighted by molar-refractivity contribution is -0.142. The summed E-state index contributed by atoms with van der Waals surface area (Å²) in [5.41, 5.74) is 0.851. The van der Waals surface area contributed by atoms with Crippen molar-refractivity contribution in [2.45, 2.75) is 56.3 Å². The minimum atomic E-state index is -0.233. The van der Waals surface area contributed by atoms with Crippen molar-refractivity contribution in [3.05, 3.63) is 18.0 Å². The topological polar surface area (TPSA) is 76.8 Å². The Kier molecular flexibility index (Phi) is 5.76. The maximum Gasteiger partial charge on any atom is 0.223 e. The van der Waals surface area contributed by atoms with Gasteiger partial charge in [-0.2, -0.15) is 5.10 Å². The lowest BCUT2D eigenvalue weighted by atomic mass is 9.79. The number of likely N-dealkylation sites (tertiary alicyclic amines) is 1. The van der Waals surface area contributed by atoms with E-state index in [0.29, 0.717) is 19.4 Å². The van der Waals surface area contributed by atoms with Crippen LogP contribution in [0.4, 0.5) is 0 Å². The fourth-order valence-corrected chi connectivity index (χ4v) is 4.33. The van der Waals surface area contributed by atoms with Crippen LogP contribution in [0.2, 0.25) is 0 Å². The van der Waals surface area contributed by atoms with E-state index in [-0.39, 0.29) is 30.3 Å². The van der Waals surface area contributed by atoms with Crippen molar-refractivity contribution in [2.24, 2.45) is 7.05 Å². The third-order valence-corrected chi connectivity index (χ3v) is 5.69. The van der Waals surface area contributed by atoms with Gasteiger partial charge in [-0.05, 0) is 37.7 Å². The highest BCUT2D eigenvalue weighted by Crippen LogP contribution is 2.43. The highest BCUT2D eigenvalue weighted by Gasteiger charge is 2.52. The monoisotopic (exact) mass is 351 g/mol. The number of aryl methyl sites for hydroxylation is 2. The summed E-state index contributed by atoms with van der Waals surface area (Å²) in [5.74, 6) is 0.176. The van der Waals surface area contributed by atoms with Gasteiger partial charge >= 0.3 is 0 Å². The number of carbonyl (C=O) groups is 1. The van der Waals surface area contributed by atoms with Crippen LogP contribution in [0.1, 0.15) is 37.7 Å². The van der Waals surface area contributed by atoms with Gasteiger partial charge in [0, 0.05) is 33.3 Å². The Balaban J connectivity index is 1.63. The molecule has 25 heavy (non-hydrogen) atoms. The summed E-state index contributed by atoms with van der Waals surface area (Å²) in [6.45, 7) is 1.13. The number of hydrogen-bond donors (Lipinski definition) is 1. The third-order valence-electron chi connectivity index (χ3n) is 5.69. The van der Waals surface area contributed by atoms with Crippen molar-refractivity contribution in [1.29, 1.82) is 0 Å². The largest absolute Gasteiger partial charge is 0.394 e. The van der Waals surface area contributed by atoms with E-state index in [1.54, 1.807) is 11.8 Å². The summed E-state index contributed by atoms with van der Waals surface area (Å²) < 4.78 is 13.4. The number of aliphatic hydroxyl groups is 1. The van der Waals surface area contributed by atoms with Crippen molar-refractivity contribution in [1.82, 2.24) is 14.7 Å². The molecule has 1 aliphatic heterocycles. The van der Waals surface area contributed by atoms with E-state index in [1.807, 2.05) is 24.3 Å². The van der Waals surface area contributed by atoms with Gasteiger partial charge in [0.25, 0.3) is 0 Å². The third kappa shape index (κ3) is 3.88. The molecule has 0 bridgehead atoms. The predicted molar refractivity (Wildman–Crippen MR) is 92.1 cm³/mol. The van der Waals surface area contributed by atoms with E-state index in [4.69, 9.17) is 14.6 Å². The smallest absolute Gasteiger partial charge is 0.223 e. The van der Waals surface area contributed by atoms with Gasteiger partial charge in [0.2, 0.25) is 5.91 Å². The normalized spacial score (nSPS) is 29.0. The molecule has 1 N–H and O–H groups in total. The van der Waals surface area contributed by atoms with Gasteiger partial charge in [-0.15, -0.1) is 0 Å². The fraction of sp³-hybridized carbons (Fsp3) is 0.778. The molecule has 0 spiro atoms. The average molecular weight is 351 g/mol. The van der Waals surface area contributed by atoms with Crippen LogP contribution in [0.5, 0.6) is 0 Å². The first kappa shape index (κ1) is 18.4. The number of methoxy groups -OCH3 is 1. The highest BCUT2D eigenvalue weighted by molar-refractivity contribution is 5.77. The Labute approximate surface area is 148 Å². The number of aliphatic hydroxyl groups excluding tert-OH is 1. The highest BCUT2D eigenvalue weighted by atomic mass is 16.5. The minimum Gasteiger partial charge on any atom is -0.394 e. The molecule has 2 heterocycles. The van der Waals surface area contributed by atoms with Gasteiger partial charge in [-0.1, -0.05) is 0 Å². The Hall–Kier alpha value is -1.44. The zero-order chi connectivity index (χ0) is 17.9. The van der Waals surface area contributed by atoms with Gasteiger partial charge in [0.15, 0.2) is 0 Å². The molecule has 2 aliphatic rings. The Bertz CT molecular complexity index is 591. The second-order valence-electron chi connectivity index (χ2n) is 7.13. The van der Waals surface area contributed by atoms with E-state index >= 15 is 0 Å². The van der Waals surface area contributed by atoms with Crippen molar-refractivity contribution in [3.63, 3.8) is 0 Å². The maximum absolute atomic E-state index is 12.8. The molecule has 1 saturated heterocycles. The first-order chi connectivity index (χ1) is 12.1. The van der Waals surface area contributed by atoms with Gasteiger partial charge in [0.05, 0.1) is 37.2 Å². The number of amides is 1. The fourth-order valence-electron chi connectivity index (χ4n) is 4.33. The minimum absolute atomic E-state index is 0.0321. The van der Waals surface area contributed by atoms with Crippen molar-refractivity contribution in [3.8, 4) is 0 Å². The van der Waals surface area contributed by atoms with Gasteiger partial charge in [0.1, 0.15) is 0 Å². The molecule has 2 fully saturated rings. The quantitative estimate of drug-likeness (QED) is 0.790. The molecule has 7 heteroatoms. The molecule has 140 valence electrons. The van der Waals surface area contributed by atoms with E-state index in [9.17, 15) is 4.79 Å². The molecule has 3 rings (SSSR count). The summed E-state index contributed by atoms with van der Waals surface area (Å²) in [6.07, 6.45) is 8.55. The lowest BCUT2D eigenvalue weighted by Crippen LogP contribution is -2.53. The van der Waals surface area contributed by atoms with Crippen LogP contribution in [0.25, 0.3) is 0 Å². The molecule has 3 atom stereocenters. The number of carbonyl (C=O) groups excluding carboxylic acids is 1. The standard InChI is InChI=1S/C18H29N3O4/c1-20-13-14(12-19-20)3-4-17(23)21-8-7-18(24-2)6-5-15(11-16(18)21)25-10-9-22/h12-13,15-16,22H,3-11H2,1-2H3/t15-,16+,18-/m1/s1. The second kappa shape index (κ2) is 7.85. The number of ether oxygens (including phenoxy) is 2. The van der Waals surface area contributed by atoms with Gasteiger partial charge in [-0.25, -0.2) is 0 Å². The van der Waals surface area contributed by atoms with E-state index in [2.05, 4.69) is 5.10 Å². The van der Waals surface area contributed by atoms with Crippen LogP contribution >= 0.6 is 0 Å². The summed E-state index contributed by atoms with van der Waals surface area (Å²) >= 11 is 0. The molecular weight excluding hydrogens is 322 g/mol. The van der Waals surface area contributed by atoms with Gasteiger partial charge < -0.3 is 19.5 Å². The Morgan fingerprint density at radius 1 is 1.48 bits per heavy atom. The first-order valence-corrected chi connectivity index (χ1v) is 9.12. The molecule has 1 amide bonds. The predicted octanol–water partition coefficient (Wildman–Crippen LogP) is 0.900. The lowest BCUT2D eigenvalue weighted by Gasteiger charge is -2.43. The maximum atomic E-state index is 12.8. The van der Waals surface area contributed by atoms with E-state index in [0.717, 1.165) is 37.8 Å². The summed E-state index contributed by atoms with van der Waals surface area (Å²) in [5, 5.41) is 13.1. The number of aromatic nitrogens is 2. The van der Waals surface area contributed by atoms with Crippen LogP contribution in [-0.2, 0) is 27.7 Å². The molecule has 7 nitrogen and oxygen atoms in total. The van der Waals surface area contributed by atoms with Crippen LogP contribution in [0.15, 0.2) is 12.4 Å². The molecule has 1 saturated carbocycles. The first-order valence-electron chi connectivity index (χ1n) is 9.12. The van der Waals surface area contributed by atoms with Crippen LogP contribution in [0.3, 0.4) is 0 Å². The summed E-state index contributed by atoms with van der Waals surface area (Å²) in [7, 11) is 3.64. The molecule has 1 aliphatic carbocycles. The average Bonchev–Trinajstić information content (AvgIpc) is 3.21. The van der Waals surface area contributed by atoms with Crippen molar-refractivity contribution in [2.75, 3.05) is 26.9 Å². The number of fused-ring (bicyclic) bond motifs is 1. The molecule has 1 aromatic heterocycles. The molecular formula is C18H29N3O4. The van der Waals surface area contributed by atoms with E-state index in [1.165, 1.54) is 0 Å². The van der Waals surface area contributed by atoms with Crippen molar-refractivity contribution < 1.29 is 19.4 Å². The van der Waals surface area contributed by atoms with E-state index < -0.39 is 0 Å². The number of rotatable bonds is 7. The molecule has 0 radical (unpaired) electrons. The molecule has 0 unspecified atom stereocenters. The van der Waals surface area contributed by atoms with Crippen LogP contribution in [0, 0.1) is 0 Å². The molecule has 0 aromatic carbocycles. The summed E-state index contributed by atoms with van der Waals surface area (Å²) in [6, 6.07) is 0.0661. The number of hydrogen-bond acceptors (Lipinski definition) is 5. The second-order valence-corrected chi connectivity index (χ2v) is 7.13.